The second kappa shape index (κ2) is 4.04. The van der Waals surface area contributed by atoms with Gasteiger partial charge in [0.25, 0.3) is 0 Å². The van der Waals surface area contributed by atoms with Gasteiger partial charge in [-0.15, -0.1) is 0 Å². The summed E-state index contributed by atoms with van der Waals surface area (Å²) in [6.07, 6.45) is 3.09. The lowest BCUT2D eigenvalue weighted by atomic mass is 10.3. The second-order valence-corrected chi connectivity index (χ2v) is 3.87. The van der Waals surface area contributed by atoms with Crippen molar-refractivity contribution in [1.82, 2.24) is 9.66 Å². The quantitative estimate of drug-likeness (QED) is 0.822. The van der Waals surface area contributed by atoms with Crippen LogP contribution in [0.5, 0.6) is 0 Å². The highest BCUT2D eigenvalue weighted by molar-refractivity contribution is 5.89. The number of rotatable bonds is 3. The predicted molar refractivity (Wildman–Crippen MR) is 61.7 cm³/mol. The van der Waals surface area contributed by atoms with Crippen LogP contribution in [0.25, 0.3) is 0 Å². The number of fused-ring (bicyclic) bond motifs is 1. The van der Waals surface area contributed by atoms with Gasteiger partial charge in [-0.25, -0.2) is 9.66 Å². The lowest BCUT2D eigenvalue weighted by Gasteiger charge is -2.19. The molecule has 0 bridgehead atoms. The van der Waals surface area contributed by atoms with E-state index in [1.807, 2.05) is 0 Å². The maximum absolute atomic E-state index is 4.58. The average Bonchev–Trinajstić information content (AvgIpc) is 2.56. The van der Waals surface area contributed by atoms with Gasteiger partial charge in [0, 0.05) is 12.8 Å². The Balaban J connectivity index is 2.33. The highest BCUT2D eigenvalue weighted by Crippen LogP contribution is 2.15. The van der Waals surface area contributed by atoms with E-state index in [2.05, 4.69) is 40.8 Å². The van der Waals surface area contributed by atoms with E-state index in [-0.39, 0.29) is 0 Å². The number of imidazole rings is 1. The third-order valence-corrected chi connectivity index (χ3v) is 2.71. The second-order valence-electron chi connectivity index (χ2n) is 3.87. The molecule has 1 aliphatic heterocycles. The molecular formula is C11H18N4. The lowest BCUT2D eigenvalue weighted by Crippen LogP contribution is -2.29. The summed E-state index contributed by atoms with van der Waals surface area (Å²) >= 11 is 0. The maximum Gasteiger partial charge on any atom is 0.128 e. The topological polar surface area (TPSA) is 42.2 Å². The summed E-state index contributed by atoms with van der Waals surface area (Å²) in [5.74, 6) is 2.18. The first-order chi connectivity index (χ1) is 7.26. The van der Waals surface area contributed by atoms with Crippen LogP contribution in [0.3, 0.4) is 0 Å². The summed E-state index contributed by atoms with van der Waals surface area (Å²) in [6.45, 7) is 7.10. The molecule has 0 unspecified atom stereocenters. The number of aliphatic imine (C=N–C) groups is 1. The van der Waals surface area contributed by atoms with Crippen LogP contribution in [0, 0.1) is 6.92 Å². The van der Waals surface area contributed by atoms with Gasteiger partial charge in [0.15, 0.2) is 0 Å². The summed E-state index contributed by atoms with van der Waals surface area (Å²) in [6, 6.07) is 0. The Morgan fingerprint density at radius 3 is 2.87 bits per heavy atom. The molecule has 4 heteroatoms. The number of nitrogens with zero attached hydrogens (tertiary/aromatic N) is 3. The van der Waals surface area contributed by atoms with Crippen LogP contribution in [-0.4, -0.2) is 15.5 Å². The molecule has 1 N–H and O–H groups in total. The first-order valence-corrected chi connectivity index (χ1v) is 5.63. The van der Waals surface area contributed by atoms with Gasteiger partial charge in [-0.05, 0) is 13.3 Å². The molecule has 0 saturated heterocycles. The van der Waals surface area contributed by atoms with Gasteiger partial charge >= 0.3 is 0 Å². The predicted octanol–water partition coefficient (Wildman–Crippen LogP) is 2.01. The van der Waals surface area contributed by atoms with Crippen molar-refractivity contribution in [3.8, 4) is 0 Å². The molecule has 1 aromatic heterocycles. The van der Waals surface area contributed by atoms with Crippen molar-refractivity contribution in [2.75, 3.05) is 5.43 Å². The number of aryl methyl sites for hydroxylation is 2. The van der Waals surface area contributed by atoms with Crippen molar-refractivity contribution < 1.29 is 0 Å². The van der Waals surface area contributed by atoms with Gasteiger partial charge in [-0.3, -0.25) is 10.4 Å². The van der Waals surface area contributed by atoms with Crippen molar-refractivity contribution >= 4 is 5.84 Å². The molecule has 0 atom stereocenters. The minimum absolute atomic E-state index is 0.763. The first-order valence-electron chi connectivity index (χ1n) is 5.63. The summed E-state index contributed by atoms with van der Waals surface area (Å²) < 4.78 is 2.12. The summed E-state index contributed by atoms with van der Waals surface area (Å²) in [5, 5.41) is 0. The number of hydrogen-bond acceptors (Lipinski definition) is 3. The standard InChI is InChI=1S/C11H18N4/c1-4-6-11-13-8(3)9-7-12-10(5-2)14-15(9)11/h4-7H2,1-3H3,(H,12,14). The lowest BCUT2D eigenvalue weighted by molar-refractivity contribution is 0.733. The van der Waals surface area contributed by atoms with Crippen LogP contribution in [0.15, 0.2) is 4.99 Å². The molecule has 1 aromatic rings. The molecule has 2 heterocycles. The molecule has 0 aliphatic carbocycles. The van der Waals surface area contributed by atoms with Crippen LogP contribution in [0.1, 0.15) is 43.9 Å². The Bertz CT molecular complexity index is 390. The molecule has 0 amide bonds. The van der Waals surface area contributed by atoms with Gasteiger partial charge in [0.05, 0.1) is 17.9 Å². The fraction of sp³-hybridized carbons (Fsp3) is 0.636. The minimum Gasteiger partial charge on any atom is -0.280 e. The van der Waals surface area contributed by atoms with Crippen LogP contribution < -0.4 is 5.43 Å². The zero-order chi connectivity index (χ0) is 10.8. The van der Waals surface area contributed by atoms with Crippen LogP contribution in [-0.2, 0) is 13.0 Å². The van der Waals surface area contributed by atoms with Crippen molar-refractivity contribution in [2.45, 2.75) is 46.6 Å². The highest BCUT2D eigenvalue weighted by Gasteiger charge is 2.17. The van der Waals surface area contributed by atoms with Crippen LogP contribution >= 0.6 is 0 Å². The minimum atomic E-state index is 0.763. The van der Waals surface area contributed by atoms with Gasteiger partial charge < -0.3 is 0 Å². The Morgan fingerprint density at radius 2 is 2.20 bits per heavy atom. The molecule has 2 rings (SSSR count). The molecule has 0 fully saturated rings. The molecule has 15 heavy (non-hydrogen) atoms. The van der Waals surface area contributed by atoms with E-state index < -0.39 is 0 Å². The van der Waals surface area contributed by atoms with Gasteiger partial charge in [0.2, 0.25) is 0 Å². The molecule has 82 valence electrons. The third-order valence-electron chi connectivity index (χ3n) is 2.71. The SMILES string of the molecule is CCCc1nc(C)c2n1NC(CC)=NC2. The first kappa shape index (κ1) is 10.2. The highest BCUT2D eigenvalue weighted by atomic mass is 15.5. The van der Waals surface area contributed by atoms with E-state index in [0.717, 1.165) is 43.2 Å². The summed E-state index contributed by atoms with van der Waals surface area (Å²) in [5.41, 5.74) is 5.63. The van der Waals surface area contributed by atoms with Gasteiger partial charge in [-0.1, -0.05) is 13.8 Å². The fourth-order valence-electron chi connectivity index (χ4n) is 1.86. The van der Waals surface area contributed by atoms with Crippen molar-refractivity contribution in [3.05, 3.63) is 17.2 Å². The number of amidine groups is 1. The normalized spacial score (nSPS) is 14.5. The Morgan fingerprint density at radius 1 is 1.40 bits per heavy atom. The van der Waals surface area contributed by atoms with E-state index in [0.29, 0.717) is 0 Å². The molecule has 0 saturated carbocycles. The molecule has 0 aromatic carbocycles. The molecule has 1 aliphatic rings. The smallest absolute Gasteiger partial charge is 0.128 e. The van der Waals surface area contributed by atoms with E-state index in [1.165, 1.54) is 5.69 Å². The van der Waals surface area contributed by atoms with Gasteiger partial charge in [-0.2, -0.15) is 0 Å². The zero-order valence-corrected chi connectivity index (χ0v) is 9.67. The molecule has 4 nitrogen and oxygen atoms in total. The molecular weight excluding hydrogens is 188 g/mol. The fourth-order valence-corrected chi connectivity index (χ4v) is 1.86. The largest absolute Gasteiger partial charge is 0.280 e. The van der Waals surface area contributed by atoms with Crippen molar-refractivity contribution in [3.63, 3.8) is 0 Å². The van der Waals surface area contributed by atoms with E-state index in [4.69, 9.17) is 0 Å². The molecule has 0 radical (unpaired) electrons. The zero-order valence-electron chi connectivity index (χ0n) is 9.67. The van der Waals surface area contributed by atoms with Crippen LogP contribution in [0.2, 0.25) is 0 Å². The monoisotopic (exact) mass is 206 g/mol. The van der Waals surface area contributed by atoms with Crippen LogP contribution in [0.4, 0.5) is 0 Å². The number of nitrogens with one attached hydrogen (secondary N) is 1. The Hall–Kier alpha value is -1.32. The molecule has 0 spiro atoms. The van der Waals surface area contributed by atoms with Crippen molar-refractivity contribution in [2.24, 2.45) is 4.99 Å². The Labute approximate surface area is 90.4 Å². The summed E-state index contributed by atoms with van der Waals surface area (Å²) in [7, 11) is 0. The van der Waals surface area contributed by atoms with Crippen molar-refractivity contribution in [1.29, 1.82) is 0 Å². The average molecular weight is 206 g/mol. The van der Waals surface area contributed by atoms with E-state index in [9.17, 15) is 0 Å². The van der Waals surface area contributed by atoms with Gasteiger partial charge in [0.1, 0.15) is 11.7 Å². The third kappa shape index (κ3) is 1.76. The summed E-state index contributed by atoms with van der Waals surface area (Å²) in [4.78, 5) is 9.05. The maximum atomic E-state index is 4.58. The Kier molecular flexibility index (Phi) is 2.75. The van der Waals surface area contributed by atoms with E-state index in [1.54, 1.807) is 0 Å². The number of aromatic nitrogens is 2. The number of hydrogen-bond donors (Lipinski definition) is 1. The van der Waals surface area contributed by atoms with E-state index >= 15 is 0 Å².